The summed E-state index contributed by atoms with van der Waals surface area (Å²) < 4.78 is 24.7. The number of halogens is 3. The van der Waals surface area contributed by atoms with E-state index in [1.165, 1.54) is 18.2 Å². The molecule has 0 unspecified atom stereocenters. The highest BCUT2D eigenvalue weighted by Gasteiger charge is 2.11. The van der Waals surface area contributed by atoms with Crippen LogP contribution in [0.4, 0.5) is 8.78 Å². The van der Waals surface area contributed by atoms with Crippen LogP contribution in [0.15, 0.2) is 22.7 Å². The second kappa shape index (κ2) is 3.63. The SMILES string of the molecule is N#Cc1ccc(Br)c(C(F)F)c1. The van der Waals surface area contributed by atoms with Crippen molar-refractivity contribution in [1.82, 2.24) is 0 Å². The van der Waals surface area contributed by atoms with Gasteiger partial charge in [0.15, 0.2) is 0 Å². The fourth-order valence-corrected chi connectivity index (χ4v) is 1.20. The van der Waals surface area contributed by atoms with Crippen LogP contribution in [-0.4, -0.2) is 0 Å². The van der Waals surface area contributed by atoms with E-state index in [4.69, 9.17) is 5.26 Å². The minimum Gasteiger partial charge on any atom is -0.205 e. The van der Waals surface area contributed by atoms with E-state index < -0.39 is 6.43 Å². The van der Waals surface area contributed by atoms with Gasteiger partial charge in [0, 0.05) is 10.0 Å². The Labute approximate surface area is 76.8 Å². The summed E-state index contributed by atoms with van der Waals surface area (Å²) in [6, 6.07) is 5.90. The van der Waals surface area contributed by atoms with Gasteiger partial charge in [-0.3, -0.25) is 0 Å². The largest absolute Gasteiger partial charge is 0.264 e. The average molecular weight is 232 g/mol. The summed E-state index contributed by atoms with van der Waals surface area (Å²) in [4.78, 5) is 0. The van der Waals surface area contributed by atoms with Crippen LogP contribution in [-0.2, 0) is 0 Å². The smallest absolute Gasteiger partial charge is 0.205 e. The van der Waals surface area contributed by atoms with Crippen molar-refractivity contribution in [3.63, 3.8) is 0 Å². The summed E-state index contributed by atoms with van der Waals surface area (Å²) in [5, 5.41) is 8.42. The van der Waals surface area contributed by atoms with Gasteiger partial charge in [-0.25, -0.2) is 8.78 Å². The van der Waals surface area contributed by atoms with E-state index in [0.717, 1.165) is 0 Å². The van der Waals surface area contributed by atoms with Gasteiger partial charge in [0.1, 0.15) is 0 Å². The Morgan fingerprint density at radius 3 is 2.58 bits per heavy atom. The molecule has 0 spiro atoms. The Kier molecular flexibility index (Phi) is 2.77. The van der Waals surface area contributed by atoms with Crippen molar-refractivity contribution < 1.29 is 8.78 Å². The van der Waals surface area contributed by atoms with E-state index in [2.05, 4.69) is 15.9 Å². The van der Waals surface area contributed by atoms with Gasteiger partial charge >= 0.3 is 0 Å². The van der Waals surface area contributed by atoms with Crippen molar-refractivity contribution in [2.75, 3.05) is 0 Å². The van der Waals surface area contributed by atoms with Gasteiger partial charge in [0.2, 0.25) is 0 Å². The molecule has 0 saturated carbocycles. The molecular weight excluding hydrogens is 228 g/mol. The van der Waals surface area contributed by atoms with Crippen LogP contribution >= 0.6 is 15.9 Å². The molecule has 1 nitrogen and oxygen atoms in total. The summed E-state index contributed by atoms with van der Waals surface area (Å²) in [7, 11) is 0. The zero-order chi connectivity index (χ0) is 9.14. The summed E-state index contributed by atoms with van der Waals surface area (Å²) in [5.41, 5.74) is 0.0996. The van der Waals surface area contributed by atoms with Gasteiger partial charge in [-0.2, -0.15) is 5.26 Å². The molecule has 62 valence electrons. The third-order valence-electron chi connectivity index (χ3n) is 1.36. The molecule has 0 radical (unpaired) electrons. The lowest BCUT2D eigenvalue weighted by Crippen LogP contribution is -1.87. The number of rotatable bonds is 1. The average Bonchev–Trinajstić information content (AvgIpc) is 2.05. The zero-order valence-electron chi connectivity index (χ0n) is 5.89. The minimum atomic E-state index is -2.55. The van der Waals surface area contributed by atoms with Crippen molar-refractivity contribution in [2.24, 2.45) is 0 Å². The molecule has 12 heavy (non-hydrogen) atoms. The summed E-state index contributed by atoms with van der Waals surface area (Å²) in [5.74, 6) is 0. The van der Waals surface area contributed by atoms with Crippen LogP contribution in [0.25, 0.3) is 0 Å². The highest BCUT2D eigenvalue weighted by molar-refractivity contribution is 9.10. The summed E-state index contributed by atoms with van der Waals surface area (Å²) in [6.07, 6.45) is -2.55. The Morgan fingerprint density at radius 2 is 2.08 bits per heavy atom. The monoisotopic (exact) mass is 231 g/mol. The van der Waals surface area contributed by atoms with E-state index in [9.17, 15) is 8.78 Å². The molecule has 0 aromatic heterocycles. The van der Waals surface area contributed by atoms with Crippen LogP contribution in [0.1, 0.15) is 17.6 Å². The standard InChI is InChI=1S/C8H4BrF2N/c9-7-2-1-5(4-12)3-6(7)8(10)11/h1-3,8H. The molecule has 0 aliphatic rings. The molecule has 0 fully saturated rings. The normalized spacial score (nSPS) is 9.92. The number of hydrogen-bond acceptors (Lipinski definition) is 1. The van der Waals surface area contributed by atoms with E-state index in [1.54, 1.807) is 6.07 Å². The number of nitrogens with zero attached hydrogens (tertiary/aromatic N) is 1. The molecular formula is C8H4BrF2N. The van der Waals surface area contributed by atoms with Crippen molar-refractivity contribution in [1.29, 1.82) is 5.26 Å². The highest BCUT2D eigenvalue weighted by atomic mass is 79.9. The van der Waals surface area contributed by atoms with Crippen LogP contribution in [0.3, 0.4) is 0 Å². The molecule has 1 aromatic carbocycles. The van der Waals surface area contributed by atoms with Crippen LogP contribution in [0.5, 0.6) is 0 Å². The number of alkyl halides is 2. The molecule has 0 aliphatic carbocycles. The summed E-state index contributed by atoms with van der Waals surface area (Å²) in [6.45, 7) is 0. The van der Waals surface area contributed by atoms with Gasteiger partial charge in [-0.1, -0.05) is 15.9 Å². The Morgan fingerprint density at radius 1 is 1.42 bits per heavy atom. The van der Waals surface area contributed by atoms with Crippen LogP contribution in [0, 0.1) is 11.3 Å². The maximum atomic E-state index is 12.2. The number of hydrogen-bond donors (Lipinski definition) is 0. The Bertz CT molecular complexity index is 330. The molecule has 0 aliphatic heterocycles. The van der Waals surface area contributed by atoms with Crippen molar-refractivity contribution in [3.05, 3.63) is 33.8 Å². The first kappa shape index (κ1) is 9.14. The molecule has 0 N–H and O–H groups in total. The quantitative estimate of drug-likeness (QED) is 0.728. The lowest BCUT2D eigenvalue weighted by molar-refractivity contribution is 0.150. The predicted octanol–water partition coefficient (Wildman–Crippen LogP) is 3.26. The molecule has 1 rings (SSSR count). The molecule has 4 heteroatoms. The molecule has 0 heterocycles. The fourth-order valence-electron chi connectivity index (χ4n) is 0.781. The maximum Gasteiger partial charge on any atom is 0.264 e. The lowest BCUT2D eigenvalue weighted by Gasteiger charge is -2.01. The third-order valence-corrected chi connectivity index (χ3v) is 2.08. The molecule has 1 aromatic rings. The van der Waals surface area contributed by atoms with Crippen LogP contribution < -0.4 is 0 Å². The second-order valence-corrected chi connectivity index (χ2v) is 3.00. The molecule has 0 bridgehead atoms. The van der Waals surface area contributed by atoms with Crippen molar-refractivity contribution in [2.45, 2.75) is 6.43 Å². The van der Waals surface area contributed by atoms with E-state index in [0.29, 0.717) is 4.47 Å². The van der Waals surface area contributed by atoms with Crippen LogP contribution in [0.2, 0.25) is 0 Å². The topological polar surface area (TPSA) is 23.8 Å². The van der Waals surface area contributed by atoms with E-state index in [-0.39, 0.29) is 11.1 Å². The maximum absolute atomic E-state index is 12.2. The van der Waals surface area contributed by atoms with E-state index in [1.807, 2.05) is 0 Å². The minimum absolute atomic E-state index is 0.144. The summed E-state index contributed by atoms with van der Waals surface area (Å²) >= 11 is 2.97. The number of benzene rings is 1. The predicted molar refractivity (Wildman–Crippen MR) is 43.8 cm³/mol. The zero-order valence-corrected chi connectivity index (χ0v) is 7.48. The van der Waals surface area contributed by atoms with Gasteiger partial charge < -0.3 is 0 Å². The first-order chi connectivity index (χ1) is 5.65. The molecule has 0 amide bonds. The fraction of sp³-hybridized carbons (Fsp3) is 0.125. The molecule has 0 saturated heterocycles. The van der Waals surface area contributed by atoms with Gasteiger partial charge in [0.05, 0.1) is 11.6 Å². The van der Waals surface area contributed by atoms with Crippen molar-refractivity contribution >= 4 is 15.9 Å². The van der Waals surface area contributed by atoms with Gasteiger partial charge in [-0.15, -0.1) is 0 Å². The van der Waals surface area contributed by atoms with Gasteiger partial charge in [0.25, 0.3) is 6.43 Å². The first-order valence-electron chi connectivity index (χ1n) is 3.13. The number of nitriles is 1. The highest BCUT2D eigenvalue weighted by Crippen LogP contribution is 2.27. The van der Waals surface area contributed by atoms with E-state index >= 15 is 0 Å². The first-order valence-corrected chi connectivity index (χ1v) is 3.92. The van der Waals surface area contributed by atoms with Gasteiger partial charge in [-0.05, 0) is 18.2 Å². The lowest BCUT2D eigenvalue weighted by atomic mass is 10.1. The second-order valence-electron chi connectivity index (χ2n) is 2.15. The Balaban J connectivity index is 3.19. The molecule has 0 atom stereocenters. The third kappa shape index (κ3) is 1.80. The Hall–Kier alpha value is -0.950. The van der Waals surface area contributed by atoms with Crippen molar-refractivity contribution in [3.8, 4) is 6.07 Å².